The number of ether oxygens (including phenoxy) is 1. The van der Waals surface area contributed by atoms with Crippen LogP contribution in [0.15, 0.2) is 23.2 Å². The lowest BCUT2D eigenvalue weighted by Gasteiger charge is -2.51. The number of aliphatic hydroxyl groups excluding tert-OH is 1. The highest BCUT2D eigenvalue weighted by atomic mass is 32.2. The summed E-state index contributed by atoms with van der Waals surface area (Å²) in [5.74, 6) is -2.90. The monoisotopic (exact) mass is 579 g/mol. The van der Waals surface area contributed by atoms with Gasteiger partial charge in [-0.3, -0.25) is 14.0 Å². The van der Waals surface area contributed by atoms with Crippen LogP contribution in [-0.4, -0.2) is 75.8 Å². The molecule has 3 aliphatic rings. The lowest BCUT2D eigenvalue weighted by molar-refractivity contribution is -0.168. The van der Waals surface area contributed by atoms with E-state index in [4.69, 9.17) is 4.74 Å². The molecule has 2 N–H and O–H groups in total. The molecule has 0 aromatic carbocycles. The fourth-order valence-corrected chi connectivity index (χ4v) is 8.94. The summed E-state index contributed by atoms with van der Waals surface area (Å²) < 4.78 is 31.8. The average Bonchev–Trinajstić information content (AvgIpc) is 3.47. The number of rotatable bonds is 8. The lowest BCUT2D eigenvalue weighted by atomic mass is 9.65. The van der Waals surface area contributed by atoms with E-state index in [1.807, 2.05) is 13.8 Å². The van der Waals surface area contributed by atoms with Gasteiger partial charge in [0.2, 0.25) is 5.91 Å². The van der Waals surface area contributed by atoms with Crippen molar-refractivity contribution >= 4 is 49.4 Å². The van der Waals surface area contributed by atoms with Crippen molar-refractivity contribution in [3.8, 4) is 0 Å². The van der Waals surface area contributed by atoms with Gasteiger partial charge >= 0.3 is 11.9 Å². The Morgan fingerprint density at radius 1 is 1.26 bits per heavy atom. The highest BCUT2D eigenvalue weighted by Crippen LogP contribution is 2.60. The second kappa shape index (κ2) is 9.41. The number of aliphatic hydroxyl groups is 1. The van der Waals surface area contributed by atoms with E-state index in [9.17, 15) is 33.0 Å². The molecule has 4 atom stereocenters. The molecule has 2 aromatic rings. The van der Waals surface area contributed by atoms with Crippen molar-refractivity contribution in [2.75, 3.05) is 12.9 Å². The first-order valence-electron chi connectivity index (χ1n) is 13.0. The molecule has 13 heteroatoms. The Balaban J connectivity index is 1.55. The number of amides is 1. The Morgan fingerprint density at radius 3 is 2.51 bits per heavy atom. The predicted molar refractivity (Wildman–Crippen MR) is 141 cm³/mol. The van der Waals surface area contributed by atoms with Gasteiger partial charge < -0.3 is 19.8 Å². The number of hydrogen-bond acceptors (Lipinski definition) is 9. The van der Waals surface area contributed by atoms with E-state index in [0.717, 1.165) is 49.7 Å². The number of aromatic nitrogens is 2. The fraction of sp³-hybridized carbons (Fsp3) is 0.615. The van der Waals surface area contributed by atoms with Crippen LogP contribution in [0.2, 0.25) is 0 Å². The number of carbonyl (C=O) groups excluding carboxylic acids is 2. The topological polar surface area (TPSA) is 156 Å². The molecule has 0 bridgehead atoms. The molecule has 1 amide bonds. The van der Waals surface area contributed by atoms with Crippen LogP contribution < -0.4 is 0 Å². The van der Waals surface area contributed by atoms with Crippen LogP contribution in [-0.2, 0) is 29.0 Å². The van der Waals surface area contributed by atoms with Gasteiger partial charge in [-0.2, -0.15) is 0 Å². The minimum atomic E-state index is -3.64. The number of hydrogen-bond donors (Lipinski definition) is 2. The maximum Gasteiger partial charge on any atom is 0.352 e. The van der Waals surface area contributed by atoms with Crippen LogP contribution in [0.25, 0.3) is 10.4 Å². The van der Waals surface area contributed by atoms with Crippen molar-refractivity contribution in [1.29, 1.82) is 0 Å². The number of aliphatic carboxylic acids is 1. The molecular weight excluding hydrogens is 546 g/mol. The summed E-state index contributed by atoms with van der Waals surface area (Å²) >= 11 is 1.07. The third-order valence-electron chi connectivity index (χ3n) is 8.65. The number of thiazole rings is 1. The number of fused-ring (bicyclic) bond motifs is 2. The Hall–Kier alpha value is -2.77. The number of carbonyl (C=O) groups is 3. The highest BCUT2D eigenvalue weighted by molar-refractivity contribution is 7.91. The van der Waals surface area contributed by atoms with Crippen LogP contribution in [0.3, 0.4) is 0 Å². The van der Waals surface area contributed by atoms with Gasteiger partial charge in [0.15, 0.2) is 14.9 Å². The standard InChI is InChI=1S/C26H33N3O8S2/c1-14(30)16-19-26(3,10-11-37-24(34)25(2)8-6-5-7-9-25)17(18(23(32)33)29(19)21(16)31)15-12-28-13-27-20(22(28)38-15)39(4,35)36/h12-14,16,19,30H,5-11H2,1-4H3,(H,32,33)/t14-,16-,19-,26?/m1/s1. The molecule has 212 valence electrons. The smallest absolute Gasteiger partial charge is 0.352 e. The Bertz CT molecular complexity index is 1500. The van der Waals surface area contributed by atoms with E-state index in [1.54, 1.807) is 6.20 Å². The molecule has 0 spiro atoms. The third kappa shape index (κ3) is 4.29. The maximum absolute atomic E-state index is 13.1. The van der Waals surface area contributed by atoms with Gasteiger partial charge in [-0.1, -0.05) is 26.2 Å². The average molecular weight is 580 g/mol. The zero-order chi connectivity index (χ0) is 28.5. The SMILES string of the molecule is C[C@@H](O)[C@H]1C(=O)N2C(C(=O)O)=C(c3cn4cnc(S(C)(=O)=O)c4s3)C(C)(CCOC(=O)C3(C)CCCCC3)[C@@H]12. The Morgan fingerprint density at radius 2 is 1.92 bits per heavy atom. The van der Waals surface area contributed by atoms with E-state index >= 15 is 0 Å². The number of β-lactam (4-membered cyclic amide) rings is 1. The zero-order valence-electron chi connectivity index (χ0n) is 22.3. The van der Waals surface area contributed by atoms with Crippen LogP contribution >= 0.6 is 11.3 Å². The van der Waals surface area contributed by atoms with Gasteiger partial charge in [0, 0.05) is 23.4 Å². The lowest BCUT2D eigenvalue weighted by Crippen LogP contribution is -2.66. The van der Waals surface area contributed by atoms with Crippen LogP contribution in [0, 0.1) is 16.7 Å². The van der Waals surface area contributed by atoms with Crippen molar-refractivity contribution < 1.29 is 37.8 Å². The number of imidazole rings is 1. The molecule has 5 rings (SSSR count). The second-order valence-corrected chi connectivity index (χ2v) is 14.5. The van der Waals surface area contributed by atoms with Gasteiger partial charge in [0.1, 0.15) is 16.9 Å². The molecule has 4 heterocycles. The zero-order valence-corrected chi connectivity index (χ0v) is 24.0. The number of nitrogens with zero attached hydrogens (tertiary/aromatic N) is 3. The van der Waals surface area contributed by atoms with Crippen molar-refractivity contribution in [3.63, 3.8) is 0 Å². The summed E-state index contributed by atoms with van der Waals surface area (Å²) in [6.45, 7) is 5.24. The molecule has 1 saturated carbocycles. The van der Waals surface area contributed by atoms with Crippen molar-refractivity contribution in [1.82, 2.24) is 14.3 Å². The summed E-state index contributed by atoms with van der Waals surface area (Å²) in [6, 6.07) is -0.663. The van der Waals surface area contributed by atoms with E-state index in [-0.39, 0.29) is 29.7 Å². The molecule has 2 aromatic heterocycles. The van der Waals surface area contributed by atoms with Crippen molar-refractivity contribution in [3.05, 3.63) is 23.1 Å². The molecule has 2 aliphatic heterocycles. The van der Waals surface area contributed by atoms with Crippen LogP contribution in [0.5, 0.6) is 0 Å². The largest absolute Gasteiger partial charge is 0.477 e. The number of esters is 1. The second-order valence-electron chi connectivity index (χ2n) is 11.5. The minimum Gasteiger partial charge on any atom is -0.477 e. The summed E-state index contributed by atoms with van der Waals surface area (Å²) in [7, 11) is -3.64. The van der Waals surface area contributed by atoms with Crippen molar-refractivity contribution in [2.45, 2.75) is 76.5 Å². The Labute approximate surface area is 230 Å². The van der Waals surface area contributed by atoms with Gasteiger partial charge in [0.25, 0.3) is 0 Å². The van der Waals surface area contributed by atoms with E-state index in [1.165, 1.54) is 22.6 Å². The molecule has 1 aliphatic carbocycles. The van der Waals surface area contributed by atoms with Gasteiger partial charge in [-0.05, 0) is 33.1 Å². The van der Waals surface area contributed by atoms with E-state index in [2.05, 4.69) is 4.98 Å². The molecule has 1 saturated heterocycles. The predicted octanol–water partition coefficient (Wildman–Crippen LogP) is 2.73. The van der Waals surface area contributed by atoms with E-state index in [0.29, 0.717) is 15.3 Å². The maximum atomic E-state index is 13.1. The van der Waals surface area contributed by atoms with Crippen molar-refractivity contribution in [2.24, 2.45) is 16.7 Å². The molecule has 39 heavy (non-hydrogen) atoms. The number of sulfone groups is 1. The van der Waals surface area contributed by atoms with Crippen LogP contribution in [0.4, 0.5) is 0 Å². The number of carboxylic acid groups (broad SMARTS) is 1. The summed E-state index contributed by atoms with van der Waals surface area (Å²) in [6.07, 6.45) is 7.73. The van der Waals surface area contributed by atoms with Gasteiger partial charge in [0.05, 0.1) is 35.0 Å². The van der Waals surface area contributed by atoms with E-state index < -0.39 is 50.6 Å². The first-order valence-corrected chi connectivity index (χ1v) is 15.7. The molecule has 2 fully saturated rings. The summed E-state index contributed by atoms with van der Waals surface area (Å²) in [5.41, 5.74) is -1.40. The normalized spacial score (nSPS) is 27.4. The third-order valence-corrected chi connectivity index (χ3v) is 10.9. The van der Waals surface area contributed by atoms with Gasteiger partial charge in [-0.25, -0.2) is 18.2 Å². The highest BCUT2D eigenvalue weighted by Gasteiger charge is 2.66. The Kier molecular flexibility index (Phi) is 6.70. The first kappa shape index (κ1) is 27.8. The fourth-order valence-electron chi connectivity index (χ4n) is 6.55. The minimum absolute atomic E-state index is 0.00673. The molecular formula is C26H33N3O8S2. The molecule has 1 unspecified atom stereocenters. The van der Waals surface area contributed by atoms with Crippen LogP contribution in [0.1, 0.15) is 64.2 Å². The summed E-state index contributed by atoms with van der Waals surface area (Å²) in [4.78, 5) is 44.7. The quantitative estimate of drug-likeness (QED) is 0.355. The van der Waals surface area contributed by atoms with Gasteiger partial charge in [-0.15, -0.1) is 11.3 Å². The first-order chi connectivity index (χ1) is 18.2. The summed E-state index contributed by atoms with van der Waals surface area (Å²) in [5, 5.41) is 20.6. The molecule has 0 radical (unpaired) electrons. The number of carboxylic acids is 1. The molecule has 11 nitrogen and oxygen atoms in total.